The highest BCUT2D eigenvalue weighted by atomic mass is 16.5. The number of hydrogen-bond acceptors (Lipinski definition) is 4. The Bertz CT molecular complexity index is 592. The van der Waals surface area contributed by atoms with E-state index in [-0.39, 0.29) is 23.8 Å². The van der Waals surface area contributed by atoms with Crippen LogP contribution in [0.4, 0.5) is 0 Å². The van der Waals surface area contributed by atoms with Crippen LogP contribution in [0.25, 0.3) is 0 Å². The van der Waals surface area contributed by atoms with Crippen LogP contribution in [0.2, 0.25) is 0 Å². The van der Waals surface area contributed by atoms with E-state index in [0.717, 1.165) is 44.5 Å². The zero-order chi connectivity index (χ0) is 17.0. The third-order valence-electron chi connectivity index (χ3n) is 5.15. The molecule has 6 nitrogen and oxygen atoms in total. The number of likely N-dealkylation sites (tertiary alicyclic amines) is 2. The summed E-state index contributed by atoms with van der Waals surface area (Å²) in [6, 6.07) is 3.90. The summed E-state index contributed by atoms with van der Waals surface area (Å²) in [5.41, 5.74) is 1.13. The quantitative estimate of drug-likeness (QED) is 0.838. The van der Waals surface area contributed by atoms with Crippen LogP contribution in [0.5, 0.6) is 0 Å². The number of rotatable bonds is 4. The van der Waals surface area contributed by atoms with E-state index in [1.165, 1.54) is 0 Å². The van der Waals surface area contributed by atoms with Gasteiger partial charge in [-0.3, -0.25) is 14.6 Å². The summed E-state index contributed by atoms with van der Waals surface area (Å²) in [7, 11) is 1.55. The van der Waals surface area contributed by atoms with Gasteiger partial charge in [0.2, 0.25) is 11.8 Å². The highest BCUT2D eigenvalue weighted by Crippen LogP contribution is 2.39. The Morgan fingerprint density at radius 1 is 1.29 bits per heavy atom. The molecule has 3 rings (SSSR count). The molecule has 2 amide bonds. The van der Waals surface area contributed by atoms with Crippen LogP contribution in [0.3, 0.4) is 0 Å². The summed E-state index contributed by atoms with van der Waals surface area (Å²) < 4.78 is 4.99. The van der Waals surface area contributed by atoms with Gasteiger partial charge in [-0.15, -0.1) is 0 Å². The zero-order valence-corrected chi connectivity index (χ0v) is 14.2. The summed E-state index contributed by atoms with van der Waals surface area (Å²) in [5.74, 6) is 0.256. The smallest absolute Gasteiger partial charge is 0.248 e. The average Bonchev–Trinajstić information content (AvgIpc) is 2.60. The molecule has 6 heteroatoms. The molecule has 0 saturated carbocycles. The Kier molecular flexibility index (Phi) is 5.14. The van der Waals surface area contributed by atoms with Gasteiger partial charge in [0.1, 0.15) is 6.61 Å². The van der Waals surface area contributed by atoms with Crippen LogP contribution in [0.15, 0.2) is 24.5 Å². The molecular weight excluding hydrogens is 306 g/mol. The van der Waals surface area contributed by atoms with Crippen LogP contribution < -0.4 is 0 Å². The van der Waals surface area contributed by atoms with Gasteiger partial charge in [0.15, 0.2) is 0 Å². The SMILES string of the molecule is COCC(=O)N1CCC[C@]2(CCC(=O)N(Cc3ccncc3)C2)C1. The number of piperidine rings is 2. The summed E-state index contributed by atoms with van der Waals surface area (Å²) >= 11 is 0. The lowest BCUT2D eigenvalue weighted by molar-refractivity contribution is -0.145. The molecule has 130 valence electrons. The molecule has 0 radical (unpaired) electrons. The van der Waals surface area contributed by atoms with Crippen molar-refractivity contribution in [1.82, 2.24) is 14.8 Å². The molecule has 1 aromatic heterocycles. The van der Waals surface area contributed by atoms with Crippen molar-refractivity contribution < 1.29 is 14.3 Å². The van der Waals surface area contributed by atoms with E-state index < -0.39 is 0 Å². The monoisotopic (exact) mass is 331 g/mol. The predicted molar refractivity (Wildman–Crippen MR) is 89.0 cm³/mol. The maximum absolute atomic E-state index is 12.4. The fraction of sp³-hybridized carbons (Fsp3) is 0.611. The number of aromatic nitrogens is 1. The van der Waals surface area contributed by atoms with Gasteiger partial charge in [-0.25, -0.2) is 0 Å². The first kappa shape index (κ1) is 16.9. The second-order valence-corrected chi connectivity index (χ2v) is 6.96. The zero-order valence-electron chi connectivity index (χ0n) is 14.2. The molecule has 0 N–H and O–H groups in total. The van der Waals surface area contributed by atoms with Gasteiger partial charge < -0.3 is 14.5 Å². The average molecular weight is 331 g/mol. The second-order valence-electron chi connectivity index (χ2n) is 6.96. The third kappa shape index (κ3) is 3.75. The molecule has 0 bridgehead atoms. The first-order valence-electron chi connectivity index (χ1n) is 8.55. The van der Waals surface area contributed by atoms with Crippen LogP contribution in [-0.2, 0) is 20.9 Å². The molecule has 0 aromatic carbocycles. The lowest BCUT2D eigenvalue weighted by Gasteiger charge is -2.48. The minimum Gasteiger partial charge on any atom is -0.375 e. The fourth-order valence-electron chi connectivity index (χ4n) is 3.92. The van der Waals surface area contributed by atoms with Crippen molar-refractivity contribution in [1.29, 1.82) is 0 Å². The largest absolute Gasteiger partial charge is 0.375 e. The standard InChI is InChI=1S/C18H25N3O3/c1-24-12-17(23)20-10-2-6-18(13-20)7-3-16(22)21(14-18)11-15-4-8-19-9-5-15/h4-5,8-9H,2-3,6-7,10-14H2,1H3/t18-/m0/s1. The highest BCUT2D eigenvalue weighted by Gasteiger charge is 2.42. The summed E-state index contributed by atoms with van der Waals surface area (Å²) in [6.45, 7) is 3.01. The minimum atomic E-state index is 0.0303. The third-order valence-corrected chi connectivity index (χ3v) is 5.15. The van der Waals surface area contributed by atoms with Gasteiger partial charge in [-0.05, 0) is 37.0 Å². The minimum absolute atomic E-state index is 0.0303. The van der Waals surface area contributed by atoms with E-state index in [4.69, 9.17) is 4.74 Å². The topological polar surface area (TPSA) is 62.7 Å². The molecule has 1 atom stereocenters. The van der Waals surface area contributed by atoms with E-state index >= 15 is 0 Å². The predicted octanol–water partition coefficient (Wildman–Crippen LogP) is 1.46. The number of pyridine rings is 1. The Morgan fingerprint density at radius 3 is 2.83 bits per heavy atom. The van der Waals surface area contributed by atoms with Gasteiger partial charge >= 0.3 is 0 Å². The molecule has 0 aliphatic carbocycles. The molecule has 1 spiro atoms. The lowest BCUT2D eigenvalue weighted by atomic mass is 9.73. The second kappa shape index (κ2) is 7.30. The Morgan fingerprint density at radius 2 is 2.08 bits per heavy atom. The van der Waals surface area contributed by atoms with Crippen LogP contribution >= 0.6 is 0 Å². The normalized spacial score (nSPS) is 24.5. The van der Waals surface area contributed by atoms with E-state index in [9.17, 15) is 9.59 Å². The van der Waals surface area contributed by atoms with Crippen LogP contribution in [-0.4, -0.2) is 59.9 Å². The maximum Gasteiger partial charge on any atom is 0.248 e. The Labute approximate surface area is 142 Å². The van der Waals surface area contributed by atoms with Gasteiger partial charge in [0.05, 0.1) is 0 Å². The number of carbonyl (C=O) groups is 2. The number of carbonyl (C=O) groups excluding carboxylic acids is 2. The number of nitrogens with zero attached hydrogens (tertiary/aromatic N) is 3. The summed E-state index contributed by atoms with van der Waals surface area (Å²) in [4.78, 5) is 32.4. The van der Waals surface area contributed by atoms with Crippen molar-refractivity contribution in [2.45, 2.75) is 32.2 Å². The summed E-state index contributed by atoms with van der Waals surface area (Å²) in [5, 5.41) is 0. The number of hydrogen-bond donors (Lipinski definition) is 0. The maximum atomic E-state index is 12.4. The van der Waals surface area contributed by atoms with Crippen molar-refractivity contribution in [3.63, 3.8) is 0 Å². The van der Waals surface area contributed by atoms with Gasteiger partial charge in [-0.2, -0.15) is 0 Å². The van der Waals surface area contributed by atoms with E-state index in [1.54, 1.807) is 19.5 Å². The number of amides is 2. The Hall–Kier alpha value is -1.95. The molecule has 0 unspecified atom stereocenters. The molecular formula is C18H25N3O3. The number of methoxy groups -OCH3 is 1. The van der Waals surface area contributed by atoms with Crippen molar-refractivity contribution in [3.8, 4) is 0 Å². The van der Waals surface area contributed by atoms with Gasteiger partial charge in [0.25, 0.3) is 0 Å². The van der Waals surface area contributed by atoms with E-state index in [0.29, 0.717) is 13.0 Å². The van der Waals surface area contributed by atoms with E-state index in [1.807, 2.05) is 21.9 Å². The molecule has 24 heavy (non-hydrogen) atoms. The fourth-order valence-corrected chi connectivity index (χ4v) is 3.92. The first-order valence-corrected chi connectivity index (χ1v) is 8.55. The first-order chi connectivity index (χ1) is 11.6. The van der Waals surface area contributed by atoms with Gasteiger partial charge in [-0.1, -0.05) is 0 Å². The molecule has 2 aliphatic heterocycles. The molecule has 2 fully saturated rings. The Balaban J connectivity index is 1.69. The lowest BCUT2D eigenvalue weighted by Crippen LogP contribution is -2.55. The van der Waals surface area contributed by atoms with Crippen molar-refractivity contribution >= 4 is 11.8 Å². The number of ether oxygens (including phenoxy) is 1. The van der Waals surface area contributed by atoms with Crippen molar-refractivity contribution in [2.75, 3.05) is 33.4 Å². The van der Waals surface area contributed by atoms with Crippen LogP contribution in [0.1, 0.15) is 31.2 Å². The molecule has 3 heterocycles. The molecule has 2 aliphatic rings. The van der Waals surface area contributed by atoms with Crippen molar-refractivity contribution in [2.24, 2.45) is 5.41 Å². The molecule has 1 aromatic rings. The van der Waals surface area contributed by atoms with Crippen molar-refractivity contribution in [3.05, 3.63) is 30.1 Å². The van der Waals surface area contributed by atoms with Gasteiger partial charge in [0, 0.05) is 57.5 Å². The summed E-state index contributed by atoms with van der Waals surface area (Å²) in [6.07, 6.45) is 7.01. The highest BCUT2D eigenvalue weighted by molar-refractivity contribution is 5.78. The van der Waals surface area contributed by atoms with Crippen LogP contribution in [0, 0.1) is 5.41 Å². The molecule has 2 saturated heterocycles. The van der Waals surface area contributed by atoms with E-state index in [2.05, 4.69) is 4.98 Å².